The van der Waals surface area contributed by atoms with E-state index in [9.17, 15) is 20.3 Å². The Bertz CT molecular complexity index is 656. The molecule has 108 valence electrons. The van der Waals surface area contributed by atoms with Crippen molar-refractivity contribution in [1.29, 1.82) is 0 Å². The van der Waals surface area contributed by atoms with Crippen LogP contribution in [0.5, 0.6) is 5.75 Å². The average molecular weight is 285 g/mol. The molecule has 0 aliphatic carbocycles. The summed E-state index contributed by atoms with van der Waals surface area (Å²) in [6, 6.07) is 13.0. The van der Waals surface area contributed by atoms with Crippen molar-refractivity contribution in [3.8, 4) is 5.75 Å². The van der Waals surface area contributed by atoms with Gasteiger partial charge in [0.1, 0.15) is 0 Å². The smallest absolute Gasteiger partial charge is 0.262 e. The van der Waals surface area contributed by atoms with E-state index in [0.29, 0.717) is 0 Å². The van der Waals surface area contributed by atoms with E-state index in [1.165, 1.54) is 18.3 Å². The van der Waals surface area contributed by atoms with Gasteiger partial charge in [0.15, 0.2) is 0 Å². The van der Waals surface area contributed by atoms with Gasteiger partial charge in [-0.15, -0.1) is 0 Å². The van der Waals surface area contributed by atoms with Crippen LogP contribution < -0.4 is 5.11 Å². The summed E-state index contributed by atoms with van der Waals surface area (Å²) in [5.41, 5.74) is 0.364. The number of hydrogen-bond acceptors (Lipinski definition) is 5. The highest BCUT2D eigenvalue weighted by Gasteiger charge is 2.08. The van der Waals surface area contributed by atoms with Crippen molar-refractivity contribution >= 4 is 11.9 Å². The van der Waals surface area contributed by atoms with Gasteiger partial charge in [-0.2, -0.15) is 0 Å². The molecule has 2 aromatic rings. The predicted octanol–water partition coefficient (Wildman–Crippen LogP) is 1.82. The molecular formula is C15H13N2O4-. The fraction of sp³-hybridized carbons (Fsp3) is 0.133. The lowest BCUT2D eigenvalue weighted by Crippen LogP contribution is -2.04. The summed E-state index contributed by atoms with van der Waals surface area (Å²) in [7, 11) is 0. The highest BCUT2D eigenvalue weighted by Crippen LogP contribution is 2.25. The summed E-state index contributed by atoms with van der Waals surface area (Å²) in [5.74, 6) is -0.680. The second-order valence-electron chi connectivity index (χ2n) is 4.37. The molecule has 0 saturated heterocycles. The summed E-state index contributed by atoms with van der Waals surface area (Å²) in [5, 5.41) is 32.3. The molecule has 0 fully saturated rings. The molecule has 0 heterocycles. The molecule has 2 aromatic carbocycles. The number of aliphatic hydroxyl groups excluding tert-OH is 1. The topological polar surface area (TPSA) is 98.8 Å². The maximum absolute atomic E-state index is 11.8. The second-order valence-corrected chi connectivity index (χ2v) is 4.37. The van der Waals surface area contributed by atoms with Gasteiger partial charge < -0.3 is 10.2 Å². The fourth-order valence-corrected chi connectivity index (χ4v) is 1.82. The Kier molecular flexibility index (Phi) is 4.63. The number of aliphatic imine (C=N–C) groups is 1. The van der Waals surface area contributed by atoms with E-state index in [1.807, 2.05) is 6.07 Å². The van der Waals surface area contributed by atoms with Crippen LogP contribution in [0.1, 0.15) is 17.2 Å². The number of nitro groups is 1. The molecule has 0 amide bonds. The summed E-state index contributed by atoms with van der Waals surface area (Å²) in [4.78, 5) is 13.9. The van der Waals surface area contributed by atoms with Gasteiger partial charge in [-0.1, -0.05) is 42.5 Å². The first-order chi connectivity index (χ1) is 10.1. The monoisotopic (exact) mass is 285 g/mol. The van der Waals surface area contributed by atoms with Crippen molar-refractivity contribution in [1.82, 2.24) is 0 Å². The predicted molar refractivity (Wildman–Crippen MR) is 76.4 cm³/mol. The lowest BCUT2D eigenvalue weighted by Gasteiger charge is -2.10. The van der Waals surface area contributed by atoms with Crippen LogP contribution in [0.2, 0.25) is 0 Å². The van der Waals surface area contributed by atoms with Crippen molar-refractivity contribution in [2.24, 2.45) is 4.99 Å². The van der Waals surface area contributed by atoms with Gasteiger partial charge in [0.05, 0.1) is 17.6 Å². The standard InChI is InChI=1S/C15H14N2O4/c18-14(11-5-2-1-3-6-11)10-16-9-12-7-4-8-13(15(12)19)17(20)21/h1-9,14,18-19H,10H2/p-1/t14-/m0/s1. The maximum atomic E-state index is 11.8. The maximum Gasteiger partial charge on any atom is 0.262 e. The number of nitro benzene ring substituents is 1. The first kappa shape index (κ1) is 14.7. The normalized spacial score (nSPS) is 12.4. The molecule has 1 atom stereocenters. The van der Waals surface area contributed by atoms with Crippen molar-refractivity contribution < 1.29 is 15.1 Å². The molecule has 0 radical (unpaired) electrons. The third-order valence-corrected chi connectivity index (χ3v) is 2.91. The largest absolute Gasteiger partial charge is 0.867 e. The van der Waals surface area contributed by atoms with Gasteiger partial charge in [0.2, 0.25) is 0 Å². The Morgan fingerprint density at radius 1 is 1.19 bits per heavy atom. The molecule has 1 N–H and O–H groups in total. The van der Waals surface area contributed by atoms with Crippen LogP contribution in [-0.2, 0) is 0 Å². The van der Waals surface area contributed by atoms with E-state index in [4.69, 9.17) is 0 Å². The van der Waals surface area contributed by atoms with Gasteiger partial charge >= 0.3 is 0 Å². The number of rotatable bonds is 5. The van der Waals surface area contributed by atoms with Gasteiger partial charge in [0.25, 0.3) is 5.69 Å². The number of hydrogen-bond donors (Lipinski definition) is 1. The van der Waals surface area contributed by atoms with Gasteiger partial charge in [-0.25, -0.2) is 0 Å². The molecule has 0 aliphatic heterocycles. The Balaban J connectivity index is 2.09. The van der Waals surface area contributed by atoms with Crippen LogP contribution in [0, 0.1) is 10.1 Å². The van der Waals surface area contributed by atoms with Crippen LogP contribution in [0.25, 0.3) is 0 Å². The summed E-state index contributed by atoms with van der Waals surface area (Å²) >= 11 is 0. The van der Waals surface area contributed by atoms with Crippen LogP contribution in [0.4, 0.5) is 5.69 Å². The first-order valence-electron chi connectivity index (χ1n) is 6.27. The van der Waals surface area contributed by atoms with Crippen molar-refractivity contribution in [2.45, 2.75) is 6.10 Å². The molecule has 0 aromatic heterocycles. The fourth-order valence-electron chi connectivity index (χ4n) is 1.82. The van der Waals surface area contributed by atoms with E-state index in [-0.39, 0.29) is 12.1 Å². The Morgan fingerprint density at radius 3 is 2.57 bits per heavy atom. The zero-order chi connectivity index (χ0) is 15.2. The minimum Gasteiger partial charge on any atom is -0.867 e. The third kappa shape index (κ3) is 3.64. The van der Waals surface area contributed by atoms with E-state index < -0.39 is 22.5 Å². The summed E-state index contributed by atoms with van der Waals surface area (Å²) in [6.07, 6.45) is 0.470. The molecule has 6 heteroatoms. The van der Waals surface area contributed by atoms with Crippen LogP contribution in [0.15, 0.2) is 53.5 Å². The molecule has 0 saturated carbocycles. The number of nitrogens with zero attached hydrogens (tertiary/aromatic N) is 2. The van der Waals surface area contributed by atoms with Crippen LogP contribution in [0.3, 0.4) is 0 Å². The van der Waals surface area contributed by atoms with Crippen LogP contribution >= 0.6 is 0 Å². The van der Waals surface area contributed by atoms with Crippen molar-refractivity contribution in [2.75, 3.05) is 6.54 Å². The van der Waals surface area contributed by atoms with Crippen LogP contribution in [-0.4, -0.2) is 22.8 Å². The number of aliphatic hydroxyl groups is 1. The lowest BCUT2D eigenvalue weighted by molar-refractivity contribution is -0.398. The molecule has 0 aliphatic rings. The zero-order valence-electron chi connectivity index (χ0n) is 11.0. The molecule has 21 heavy (non-hydrogen) atoms. The highest BCUT2D eigenvalue weighted by atomic mass is 16.6. The SMILES string of the molecule is O=[N+]([O-])c1cccc(C=NC[C@H](O)c2ccccc2)c1[O-]. The second kappa shape index (κ2) is 6.62. The zero-order valence-corrected chi connectivity index (χ0v) is 11.0. The molecule has 2 rings (SSSR count). The minimum absolute atomic E-state index is 0.0755. The van der Waals surface area contributed by atoms with E-state index in [0.717, 1.165) is 11.6 Å². The highest BCUT2D eigenvalue weighted by molar-refractivity contribution is 5.85. The molecule has 0 spiro atoms. The molecule has 0 unspecified atom stereocenters. The summed E-state index contributed by atoms with van der Waals surface area (Å²) < 4.78 is 0. The molecule has 0 bridgehead atoms. The first-order valence-corrected chi connectivity index (χ1v) is 6.27. The molecular weight excluding hydrogens is 272 g/mol. The van der Waals surface area contributed by atoms with Crippen molar-refractivity contribution in [3.05, 3.63) is 69.8 Å². The number of para-hydroxylation sites is 1. The Morgan fingerprint density at radius 2 is 1.90 bits per heavy atom. The lowest BCUT2D eigenvalue weighted by atomic mass is 10.1. The third-order valence-electron chi connectivity index (χ3n) is 2.91. The summed E-state index contributed by atoms with van der Waals surface area (Å²) in [6.45, 7) is 0.0755. The Labute approximate surface area is 121 Å². The number of benzene rings is 2. The quantitative estimate of drug-likeness (QED) is 0.514. The Hall–Kier alpha value is -2.73. The van der Waals surface area contributed by atoms with E-state index >= 15 is 0 Å². The minimum atomic E-state index is -0.781. The van der Waals surface area contributed by atoms with Gasteiger partial charge in [-0.05, 0) is 16.9 Å². The molecule has 6 nitrogen and oxygen atoms in total. The average Bonchev–Trinajstić information content (AvgIpc) is 2.49. The van der Waals surface area contributed by atoms with E-state index in [2.05, 4.69) is 4.99 Å². The van der Waals surface area contributed by atoms with Gasteiger partial charge in [-0.3, -0.25) is 15.1 Å². The van der Waals surface area contributed by atoms with E-state index in [1.54, 1.807) is 24.3 Å². The van der Waals surface area contributed by atoms with Gasteiger partial charge in [0, 0.05) is 12.3 Å². The van der Waals surface area contributed by atoms with Crippen molar-refractivity contribution in [3.63, 3.8) is 0 Å².